The third-order valence-corrected chi connectivity index (χ3v) is 3.61. The van der Waals surface area contributed by atoms with Gasteiger partial charge in [0.2, 0.25) is 5.88 Å². The Balaban J connectivity index is 1.61. The van der Waals surface area contributed by atoms with E-state index in [0.717, 1.165) is 17.8 Å². The van der Waals surface area contributed by atoms with Crippen molar-refractivity contribution in [1.29, 1.82) is 5.26 Å². The van der Waals surface area contributed by atoms with Gasteiger partial charge in [0.05, 0.1) is 11.1 Å². The molecule has 0 saturated carbocycles. The Bertz CT molecular complexity index is 947. The van der Waals surface area contributed by atoms with Gasteiger partial charge >= 0.3 is 6.18 Å². The molecule has 1 heterocycles. The number of nitriles is 1. The summed E-state index contributed by atoms with van der Waals surface area (Å²) in [4.78, 5) is 3.66. The van der Waals surface area contributed by atoms with Crippen LogP contribution >= 0.6 is 0 Å². The van der Waals surface area contributed by atoms with Crippen molar-refractivity contribution < 1.29 is 22.6 Å². The van der Waals surface area contributed by atoms with E-state index < -0.39 is 11.7 Å². The molecular weight excluding hydrogens is 357 g/mol. The lowest BCUT2D eigenvalue weighted by Crippen LogP contribution is -2.05. The van der Waals surface area contributed by atoms with Crippen LogP contribution in [0.25, 0.3) is 0 Å². The van der Waals surface area contributed by atoms with E-state index in [-0.39, 0.29) is 12.5 Å². The maximum atomic E-state index is 12.5. The van der Waals surface area contributed by atoms with E-state index >= 15 is 0 Å². The lowest BCUT2D eigenvalue weighted by molar-refractivity contribution is -0.137. The highest BCUT2D eigenvalue weighted by molar-refractivity contribution is 5.42. The fourth-order valence-electron chi connectivity index (χ4n) is 2.23. The molecule has 0 atom stereocenters. The van der Waals surface area contributed by atoms with Crippen molar-refractivity contribution in [3.8, 4) is 23.4 Å². The molecule has 3 aromatic rings. The van der Waals surface area contributed by atoms with E-state index in [0.29, 0.717) is 17.1 Å². The maximum Gasteiger partial charge on any atom is 0.417 e. The first-order valence-corrected chi connectivity index (χ1v) is 7.88. The average Bonchev–Trinajstić information content (AvgIpc) is 2.67. The smallest absolute Gasteiger partial charge is 0.417 e. The van der Waals surface area contributed by atoms with Gasteiger partial charge < -0.3 is 9.47 Å². The monoisotopic (exact) mass is 370 g/mol. The normalized spacial score (nSPS) is 10.9. The van der Waals surface area contributed by atoms with Gasteiger partial charge in [0.15, 0.2) is 0 Å². The third-order valence-electron chi connectivity index (χ3n) is 3.61. The van der Waals surface area contributed by atoms with Gasteiger partial charge in [-0.3, -0.25) is 0 Å². The summed E-state index contributed by atoms with van der Waals surface area (Å²) in [7, 11) is 0. The number of alkyl halides is 3. The quantitative estimate of drug-likeness (QED) is 0.608. The second-order valence-corrected chi connectivity index (χ2v) is 5.53. The average molecular weight is 370 g/mol. The zero-order valence-electron chi connectivity index (χ0n) is 13.9. The summed E-state index contributed by atoms with van der Waals surface area (Å²) in [5.74, 6) is 0.993. The van der Waals surface area contributed by atoms with Crippen LogP contribution in [-0.4, -0.2) is 4.98 Å². The van der Waals surface area contributed by atoms with Crippen LogP contribution in [0.15, 0.2) is 66.9 Å². The highest BCUT2D eigenvalue weighted by Gasteiger charge is 2.30. The van der Waals surface area contributed by atoms with Crippen molar-refractivity contribution in [2.24, 2.45) is 0 Å². The molecule has 136 valence electrons. The maximum absolute atomic E-state index is 12.5. The lowest BCUT2D eigenvalue weighted by Gasteiger charge is -2.10. The van der Waals surface area contributed by atoms with Gasteiger partial charge in [-0.2, -0.15) is 18.4 Å². The summed E-state index contributed by atoms with van der Waals surface area (Å²) in [5.41, 5.74) is 0.460. The molecule has 0 N–H and O–H groups in total. The van der Waals surface area contributed by atoms with Crippen LogP contribution in [0.2, 0.25) is 0 Å². The van der Waals surface area contributed by atoms with Crippen molar-refractivity contribution in [3.63, 3.8) is 0 Å². The first kappa shape index (κ1) is 18.3. The molecule has 3 rings (SSSR count). The van der Waals surface area contributed by atoms with Gasteiger partial charge in [0.1, 0.15) is 24.2 Å². The number of hydrogen-bond donors (Lipinski definition) is 0. The molecule has 0 aliphatic heterocycles. The van der Waals surface area contributed by atoms with Gasteiger partial charge in [-0.25, -0.2) is 4.98 Å². The number of halogens is 3. The Morgan fingerprint density at radius 1 is 0.963 bits per heavy atom. The number of rotatable bonds is 5. The van der Waals surface area contributed by atoms with E-state index in [2.05, 4.69) is 11.1 Å². The number of hydrogen-bond acceptors (Lipinski definition) is 4. The number of nitrogens with zero attached hydrogens (tertiary/aromatic N) is 2. The van der Waals surface area contributed by atoms with Gasteiger partial charge in [-0.15, -0.1) is 0 Å². The molecule has 27 heavy (non-hydrogen) atoms. The van der Waals surface area contributed by atoms with Crippen LogP contribution in [0.3, 0.4) is 0 Å². The van der Waals surface area contributed by atoms with Gasteiger partial charge in [0, 0.05) is 12.3 Å². The molecule has 0 unspecified atom stereocenters. The van der Waals surface area contributed by atoms with E-state index in [1.54, 1.807) is 48.5 Å². The summed E-state index contributed by atoms with van der Waals surface area (Å²) < 4.78 is 48.6. The molecule has 0 bridgehead atoms. The van der Waals surface area contributed by atoms with E-state index in [1.165, 1.54) is 6.07 Å². The minimum atomic E-state index is -4.43. The van der Waals surface area contributed by atoms with Crippen molar-refractivity contribution in [1.82, 2.24) is 4.98 Å². The number of aromatic nitrogens is 1. The van der Waals surface area contributed by atoms with Crippen molar-refractivity contribution in [3.05, 3.63) is 83.6 Å². The van der Waals surface area contributed by atoms with Crippen LogP contribution < -0.4 is 9.47 Å². The molecule has 0 fully saturated rings. The standard InChI is InChI=1S/C20H13F3N2O2/c21-20(22,23)16-7-10-19(25-12-16)27-17-8-5-14(6-9-17)13-26-18-4-2-1-3-15(18)11-24/h1-10,12H,13H2. The van der Waals surface area contributed by atoms with Gasteiger partial charge in [-0.05, 0) is 35.9 Å². The number of pyridine rings is 1. The number of para-hydroxylation sites is 1. The Labute approximate surface area is 153 Å². The first-order valence-electron chi connectivity index (χ1n) is 7.88. The first-order chi connectivity index (χ1) is 13.0. The molecule has 0 saturated heterocycles. The predicted octanol–water partition coefficient (Wildman–Crippen LogP) is 5.34. The fourth-order valence-corrected chi connectivity index (χ4v) is 2.23. The predicted molar refractivity (Wildman–Crippen MR) is 91.2 cm³/mol. The minimum absolute atomic E-state index is 0.0648. The van der Waals surface area contributed by atoms with Crippen LogP contribution in [0, 0.1) is 11.3 Å². The van der Waals surface area contributed by atoms with E-state index in [9.17, 15) is 13.2 Å². The minimum Gasteiger partial charge on any atom is -0.488 e. The molecule has 0 spiro atoms. The topological polar surface area (TPSA) is 55.1 Å². The number of ether oxygens (including phenoxy) is 2. The Kier molecular flexibility index (Phi) is 5.27. The molecule has 0 radical (unpaired) electrons. The Morgan fingerprint density at radius 3 is 2.33 bits per heavy atom. The summed E-state index contributed by atoms with van der Waals surface area (Å²) in [6.45, 7) is 0.261. The SMILES string of the molecule is N#Cc1ccccc1OCc1ccc(Oc2ccc(C(F)(F)F)cn2)cc1. The molecule has 0 aliphatic rings. The van der Waals surface area contributed by atoms with Crippen LogP contribution in [0.5, 0.6) is 17.4 Å². The highest BCUT2D eigenvalue weighted by Crippen LogP contribution is 2.30. The van der Waals surface area contributed by atoms with Gasteiger partial charge in [0.25, 0.3) is 0 Å². The zero-order valence-corrected chi connectivity index (χ0v) is 13.9. The second-order valence-electron chi connectivity index (χ2n) is 5.53. The fraction of sp³-hybridized carbons (Fsp3) is 0.100. The highest BCUT2D eigenvalue weighted by atomic mass is 19.4. The molecule has 1 aromatic heterocycles. The summed E-state index contributed by atoms with van der Waals surface area (Å²) in [6, 6.07) is 17.9. The number of benzene rings is 2. The lowest BCUT2D eigenvalue weighted by atomic mass is 10.2. The molecule has 4 nitrogen and oxygen atoms in total. The van der Waals surface area contributed by atoms with Crippen molar-refractivity contribution >= 4 is 0 Å². The Morgan fingerprint density at radius 2 is 1.70 bits per heavy atom. The summed E-state index contributed by atoms with van der Waals surface area (Å²) >= 11 is 0. The van der Waals surface area contributed by atoms with Crippen LogP contribution in [0.1, 0.15) is 16.7 Å². The van der Waals surface area contributed by atoms with Crippen LogP contribution in [0.4, 0.5) is 13.2 Å². The van der Waals surface area contributed by atoms with Gasteiger partial charge in [-0.1, -0.05) is 24.3 Å². The zero-order chi connectivity index (χ0) is 19.3. The van der Waals surface area contributed by atoms with Crippen molar-refractivity contribution in [2.45, 2.75) is 12.8 Å². The van der Waals surface area contributed by atoms with E-state index in [1.807, 2.05) is 0 Å². The van der Waals surface area contributed by atoms with E-state index in [4.69, 9.17) is 14.7 Å². The molecule has 0 aliphatic carbocycles. The second kappa shape index (κ2) is 7.79. The van der Waals surface area contributed by atoms with Crippen LogP contribution in [-0.2, 0) is 12.8 Å². The summed E-state index contributed by atoms with van der Waals surface area (Å²) in [5, 5.41) is 9.04. The third kappa shape index (κ3) is 4.76. The Hall–Kier alpha value is -3.53. The largest absolute Gasteiger partial charge is 0.488 e. The molecule has 2 aromatic carbocycles. The van der Waals surface area contributed by atoms with Crippen molar-refractivity contribution in [2.75, 3.05) is 0 Å². The molecular formula is C20H13F3N2O2. The summed E-state index contributed by atoms with van der Waals surface area (Å²) in [6.07, 6.45) is -3.71. The molecule has 0 amide bonds. The molecule has 7 heteroatoms.